The van der Waals surface area contributed by atoms with Gasteiger partial charge in [-0.1, -0.05) is 25.0 Å². The van der Waals surface area contributed by atoms with E-state index in [1.807, 2.05) is 28.8 Å². The van der Waals surface area contributed by atoms with Crippen molar-refractivity contribution in [2.75, 3.05) is 0 Å². The molecule has 0 atom stereocenters. The van der Waals surface area contributed by atoms with E-state index in [4.69, 9.17) is 0 Å². The van der Waals surface area contributed by atoms with Gasteiger partial charge in [0.25, 0.3) is 0 Å². The lowest BCUT2D eigenvalue weighted by Crippen LogP contribution is -2.17. The summed E-state index contributed by atoms with van der Waals surface area (Å²) in [5.41, 5.74) is 2.02. The molecule has 17 heavy (non-hydrogen) atoms. The van der Waals surface area contributed by atoms with Gasteiger partial charge in [-0.3, -0.25) is 4.79 Å². The van der Waals surface area contributed by atoms with Crippen LogP contribution < -0.4 is 0 Å². The second-order valence-electron chi connectivity index (χ2n) is 4.81. The molecular formula is C14H16N2O. The smallest absolute Gasteiger partial charge is 0.155 e. The van der Waals surface area contributed by atoms with E-state index >= 15 is 0 Å². The van der Waals surface area contributed by atoms with Crippen LogP contribution >= 0.6 is 0 Å². The number of imidazole rings is 1. The molecular weight excluding hydrogens is 212 g/mol. The molecule has 0 radical (unpaired) electrons. The van der Waals surface area contributed by atoms with Crippen LogP contribution in [0.5, 0.6) is 0 Å². The Hall–Kier alpha value is -1.64. The molecule has 0 spiro atoms. The predicted molar refractivity (Wildman–Crippen MR) is 66.7 cm³/mol. The maximum atomic E-state index is 12.1. The average molecular weight is 228 g/mol. The molecule has 3 heteroatoms. The number of carbonyl (C=O) groups is 1. The molecule has 1 fully saturated rings. The van der Waals surface area contributed by atoms with E-state index in [-0.39, 0.29) is 5.92 Å². The fraction of sp³-hybridized carbons (Fsp3) is 0.429. The first-order valence-corrected chi connectivity index (χ1v) is 6.27. The van der Waals surface area contributed by atoms with Crippen molar-refractivity contribution in [3.8, 4) is 0 Å². The topological polar surface area (TPSA) is 34.9 Å². The highest BCUT2D eigenvalue weighted by molar-refractivity contribution is 5.83. The quantitative estimate of drug-likeness (QED) is 0.809. The Balaban J connectivity index is 1.82. The first kappa shape index (κ1) is 10.5. The number of para-hydroxylation sites is 2. The standard InChI is InChI=1S/C14H16N2O/c17-14(11-5-1-2-6-11)9-16-10-15-12-7-3-4-8-13(12)16/h3-4,7-8,10-11H,1-2,5-6,9H2. The third-order valence-corrected chi connectivity index (χ3v) is 3.66. The van der Waals surface area contributed by atoms with Crippen molar-refractivity contribution in [1.29, 1.82) is 0 Å². The van der Waals surface area contributed by atoms with E-state index < -0.39 is 0 Å². The Bertz CT molecular complexity index is 538. The first-order chi connectivity index (χ1) is 8.34. The van der Waals surface area contributed by atoms with Crippen LogP contribution in [0.1, 0.15) is 25.7 Å². The third-order valence-electron chi connectivity index (χ3n) is 3.66. The molecule has 0 aliphatic heterocycles. The molecule has 3 rings (SSSR count). The zero-order chi connectivity index (χ0) is 11.7. The van der Waals surface area contributed by atoms with Crippen molar-refractivity contribution >= 4 is 16.8 Å². The highest BCUT2D eigenvalue weighted by Crippen LogP contribution is 2.26. The normalized spacial score (nSPS) is 16.7. The van der Waals surface area contributed by atoms with E-state index in [1.165, 1.54) is 12.8 Å². The minimum absolute atomic E-state index is 0.288. The molecule has 2 aromatic rings. The van der Waals surface area contributed by atoms with E-state index in [0.29, 0.717) is 12.3 Å². The first-order valence-electron chi connectivity index (χ1n) is 6.27. The summed E-state index contributed by atoms with van der Waals surface area (Å²) in [6.45, 7) is 0.477. The largest absolute Gasteiger partial charge is 0.323 e. The van der Waals surface area contributed by atoms with Crippen molar-refractivity contribution < 1.29 is 4.79 Å². The van der Waals surface area contributed by atoms with E-state index in [0.717, 1.165) is 23.9 Å². The van der Waals surface area contributed by atoms with Gasteiger partial charge in [0.1, 0.15) is 0 Å². The molecule has 1 aliphatic rings. The Kier molecular flexibility index (Phi) is 2.67. The summed E-state index contributed by atoms with van der Waals surface area (Å²) in [4.78, 5) is 16.4. The molecule has 88 valence electrons. The van der Waals surface area contributed by atoms with Crippen LogP contribution in [-0.4, -0.2) is 15.3 Å². The van der Waals surface area contributed by atoms with Gasteiger partial charge in [0.05, 0.1) is 23.9 Å². The van der Waals surface area contributed by atoms with Crippen LogP contribution in [0.15, 0.2) is 30.6 Å². The molecule has 1 aromatic heterocycles. The molecule has 0 N–H and O–H groups in total. The highest BCUT2D eigenvalue weighted by Gasteiger charge is 2.22. The lowest BCUT2D eigenvalue weighted by atomic mass is 10.0. The van der Waals surface area contributed by atoms with Crippen molar-refractivity contribution in [1.82, 2.24) is 9.55 Å². The molecule has 1 aliphatic carbocycles. The number of ketones is 1. The number of aromatic nitrogens is 2. The molecule has 0 saturated heterocycles. The Labute approximate surface area is 100 Å². The van der Waals surface area contributed by atoms with E-state index in [1.54, 1.807) is 6.33 Å². The molecule has 0 amide bonds. The van der Waals surface area contributed by atoms with Gasteiger partial charge in [-0.15, -0.1) is 0 Å². The van der Waals surface area contributed by atoms with Crippen LogP contribution in [0.2, 0.25) is 0 Å². The third kappa shape index (κ3) is 1.97. The molecule has 0 unspecified atom stereocenters. The van der Waals surface area contributed by atoms with Gasteiger partial charge < -0.3 is 4.57 Å². The van der Waals surface area contributed by atoms with Gasteiger partial charge in [0.15, 0.2) is 5.78 Å². The summed E-state index contributed by atoms with van der Waals surface area (Å²) in [5, 5.41) is 0. The maximum Gasteiger partial charge on any atom is 0.155 e. The van der Waals surface area contributed by atoms with Gasteiger partial charge >= 0.3 is 0 Å². The van der Waals surface area contributed by atoms with Crippen molar-refractivity contribution in [3.63, 3.8) is 0 Å². The number of rotatable bonds is 3. The number of hydrogen-bond acceptors (Lipinski definition) is 2. The highest BCUT2D eigenvalue weighted by atomic mass is 16.1. The number of hydrogen-bond donors (Lipinski definition) is 0. The average Bonchev–Trinajstić information content (AvgIpc) is 2.98. The second-order valence-corrected chi connectivity index (χ2v) is 4.81. The van der Waals surface area contributed by atoms with Gasteiger partial charge in [-0.05, 0) is 25.0 Å². The van der Waals surface area contributed by atoms with E-state index in [2.05, 4.69) is 4.98 Å². The van der Waals surface area contributed by atoms with Gasteiger partial charge in [-0.25, -0.2) is 4.98 Å². The Morgan fingerprint density at radius 1 is 1.29 bits per heavy atom. The predicted octanol–water partition coefficient (Wildman–Crippen LogP) is 2.80. The van der Waals surface area contributed by atoms with Crippen LogP contribution in [-0.2, 0) is 11.3 Å². The minimum Gasteiger partial charge on any atom is -0.323 e. The number of carbonyl (C=O) groups excluding carboxylic acids is 1. The fourth-order valence-electron chi connectivity index (χ4n) is 2.68. The summed E-state index contributed by atoms with van der Waals surface area (Å²) in [7, 11) is 0. The van der Waals surface area contributed by atoms with Gasteiger partial charge in [-0.2, -0.15) is 0 Å². The second kappa shape index (κ2) is 4.32. The molecule has 1 aromatic carbocycles. The SMILES string of the molecule is O=C(Cn1cnc2ccccc21)C1CCCC1. The lowest BCUT2D eigenvalue weighted by molar-refractivity contribution is -0.123. The summed E-state index contributed by atoms with van der Waals surface area (Å²) in [6.07, 6.45) is 6.34. The maximum absolute atomic E-state index is 12.1. The van der Waals surface area contributed by atoms with E-state index in [9.17, 15) is 4.79 Å². The zero-order valence-electron chi connectivity index (χ0n) is 9.80. The number of benzene rings is 1. The number of Topliss-reactive ketones (excluding diaryl/α,β-unsaturated/α-hetero) is 1. The van der Waals surface area contributed by atoms with Crippen molar-refractivity contribution in [2.24, 2.45) is 5.92 Å². The molecule has 3 nitrogen and oxygen atoms in total. The fourth-order valence-corrected chi connectivity index (χ4v) is 2.68. The monoisotopic (exact) mass is 228 g/mol. The molecule has 1 heterocycles. The summed E-state index contributed by atoms with van der Waals surface area (Å²) in [5.74, 6) is 0.654. The zero-order valence-corrected chi connectivity index (χ0v) is 9.80. The summed E-state index contributed by atoms with van der Waals surface area (Å²) >= 11 is 0. The number of nitrogens with zero attached hydrogens (tertiary/aromatic N) is 2. The van der Waals surface area contributed by atoms with Crippen LogP contribution in [0.4, 0.5) is 0 Å². The van der Waals surface area contributed by atoms with Crippen LogP contribution in [0.25, 0.3) is 11.0 Å². The lowest BCUT2D eigenvalue weighted by Gasteiger charge is -2.08. The molecule has 1 saturated carbocycles. The van der Waals surface area contributed by atoms with Crippen molar-refractivity contribution in [2.45, 2.75) is 32.2 Å². The van der Waals surface area contributed by atoms with Gasteiger partial charge in [0, 0.05) is 5.92 Å². The van der Waals surface area contributed by atoms with Crippen LogP contribution in [0, 0.1) is 5.92 Å². The Morgan fingerprint density at radius 3 is 2.88 bits per heavy atom. The summed E-state index contributed by atoms with van der Waals surface area (Å²) in [6, 6.07) is 7.95. The van der Waals surface area contributed by atoms with Gasteiger partial charge in [0.2, 0.25) is 0 Å². The molecule has 0 bridgehead atoms. The van der Waals surface area contributed by atoms with Crippen molar-refractivity contribution in [3.05, 3.63) is 30.6 Å². The minimum atomic E-state index is 0.288. The number of fused-ring (bicyclic) bond motifs is 1. The van der Waals surface area contributed by atoms with Crippen LogP contribution in [0.3, 0.4) is 0 Å². The summed E-state index contributed by atoms with van der Waals surface area (Å²) < 4.78 is 1.97. The Morgan fingerprint density at radius 2 is 2.06 bits per heavy atom.